The summed E-state index contributed by atoms with van der Waals surface area (Å²) in [4.78, 5) is 18.1. The zero-order valence-corrected chi connectivity index (χ0v) is 12.7. The van der Waals surface area contributed by atoms with Crippen LogP contribution in [0.1, 0.15) is 22.9 Å². The standard InChI is InChI=1S/C17H13N3OS/c1-19-8-7-12-13(19)14-11-5-3-2-4-10(11)6-9-20(14)16-15(12)22-17(21)18-16/h2-9,14H,1H3,(H,18,21). The summed E-state index contributed by atoms with van der Waals surface area (Å²) in [7, 11) is 2.07. The summed E-state index contributed by atoms with van der Waals surface area (Å²) in [6.45, 7) is 0. The molecular formula is C17H13N3OS. The Kier molecular flexibility index (Phi) is 2.20. The molecule has 0 amide bonds. The van der Waals surface area contributed by atoms with E-state index in [1.54, 1.807) is 0 Å². The second-order valence-corrected chi connectivity index (χ2v) is 6.66. The third-order valence-corrected chi connectivity index (χ3v) is 5.40. The van der Waals surface area contributed by atoms with Gasteiger partial charge >= 0.3 is 4.87 Å². The number of hydrogen-bond acceptors (Lipinski definition) is 3. The van der Waals surface area contributed by atoms with E-state index < -0.39 is 0 Å². The minimum Gasteiger partial charge on any atom is -0.352 e. The number of aromatic nitrogens is 2. The Bertz CT molecular complexity index is 992. The molecule has 5 heteroatoms. The van der Waals surface area contributed by atoms with Crippen molar-refractivity contribution in [2.75, 3.05) is 4.90 Å². The summed E-state index contributed by atoms with van der Waals surface area (Å²) in [5.74, 6) is 0.907. The van der Waals surface area contributed by atoms with E-state index >= 15 is 0 Å². The van der Waals surface area contributed by atoms with Crippen molar-refractivity contribution in [2.45, 2.75) is 6.04 Å². The van der Waals surface area contributed by atoms with Crippen LogP contribution >= 0.6 is 11.3 Å². The van der Waals surface area contributed by atoms with Crippen molar-refractivity contribution >= 4 is 23.2 Å². The fraction of sp³-hybridized carbons (Fsp3) is 0.118. The molecule has 2 aliphatic heterocycles. The monoisotopic (exact) mass is 307 g/mol. The van der Waals surface area contributed by atoms with Gasteiger partial charge in [-0.1, -0.05) is 35.6 Å². The zero-order chi connectivity index (χ0) is 14.8. The van der Waals surface area contributed by atoms with Gasteiger partial charge in [-0.2, -0.15) is 0 Å². The van der Waals surface area contributed by atoms with Gasteiger partial charge in [-0.05, 0) is 23.3 Å². The van der Waals surface area contributed by atoms with Crippen LogP contribution in [0.15, 0.2) is 47.5 Å². The number of thiazole rings is 1. The van der Waals surface area contributed by atoms with Crippen molar-refractivity contribution in [3.8, 4) is 10.4 Å². The van der Waals surface area contributed by atoms with Crippen LogP contribution in [0.2, 0.25) is 0 Å². The van der Waals surface area contributed by atoms with E-state index in [9.17, 15) is 4.79 Å². The van der Waals surface area contributed by atoms with Crippen molar-refractivity contribution in [1.29, 1.82) is 0 Å². The van der Waals surface area contributed by atoms with E-state index in [-0.39, 0.29) is 10.9 Å². The Morgan fingerprint density at radius 3 is 3.00 bits per heavy atom. The lowest BCUT2D eigenvalue weighted by Gasteiger charge is -2.38. The first-order valence-corrected chi connectivity index (χ1v) is 8.00. The Labute approximate surface area is 131 Å². The lowest BCUT2D eigenvalue weighted by molar-refractivity contribution is 0.705. The minimum absolute atomic E-state index is 0.00675. The molecule has 0 saturated carbocycles. The van der Waals surface area contributed by atoms with Crippen LogP contribution < -0.4 is 9.77 Å². The van der Waals surface area contributed by atoms with Gasteiger partial charge < -0.3 is 9.47 Å². The number of nitrogens with zero attached hydrogens (tertiary/aromatic N) is 2. The third-order valence-electron chi connectivity index (χ3n) is 4.50. The molecule has 3 aromatic rings. The molecule has 4 heterocycles. The molecule has 0 radical (unpaired) electrons. The topological polar surface area (TPSA) is 41.0 Å². The van der Waals surface area contributed by atoms with E-state index in [0.717, 1.165) is 16.3 Å². The fourth-order valence-electron chi connectivity index (χ4n) is 3.55. The first kappa shape index (κ1) is 12.1. The molecule has 2 aromatic heterocycles. The number of benzene rings is 1. The molecule has 0 saturated heterocycles. The van der Waals surface area contributed by atoms with Gasteiger partial charge in [0.2, 0.25) is 0 Å². The molecule has 0 spiro atoms. The highest BCUT2D eigenvalue weighted by atomic mass is 32.1. The average molecular weight is 307 g/mol. The van der Waals surface area contributed by atoms with E-state index in [1.165, 1.54) is 28.2 Å². The van der Waals surface area contributed by atoms with Crippen LogP contribution in [0, 0.1) is 0 Å². The summed E-state index contributed by atoms with van der Waals surface area (Å²) < 4.78 is 2.16. The Balaban J connectivity index is 1.89. The Hall–Kier alpha value is -2.53. The maximum atomic E-state index is 11.9. The number of hydrogen-bond donors (Lipinski definition) is 1. The number of rotatable bonds is 0. The molecule has 0 aliphatic carbocycles. The smallest absolute Gasteiger partial charge is 0.306 e. The highest BCUT2D eigenvalue weighted by Gasteiger charge is 2.37. The van der Waals surface area contributed by atoms with E-state index in [0.29, 0.717) is 0 Å². The highest BCUT2D eigenvalue weighted by Crippen LogP contribution is 2.49. The van der Waals surface area contributed by atoms with Gasteiger partial charge in [-0.25, -0.2) is 0 Å². The van der Waals surface area contributed by atoms with E-state index in [1.807, 2.05) is 0 Å². The molecule has 108 valence electrons. The molecule has 1 atom stereocenters. The molecule has 22 heavy (non-hydrogen) atoms. The predicted molar refractivity (Wildman–Crippen MR) is 89.1 cm³/mol. The summed E-state index contributed by atoms with van der Waals surface area (Å²) in [6, 6.07) is 10.7. The molecule has 4 nitrogen and oxygen atoms in total. The first-order chi connectivity index (χ1) is 10.7. The van der Waals surface area contributed by atoms with Crippen LogP contribution in [-0.2, 0) is 7.05 Å². The normalized spacial score (nSPS) is 17.7. The minimum atomic E-state index is -0.00675. The molecular weight excluding hydrogens is 294 g/mol. The second-order valence-electron chi connectivity index (χ2n) is 5.67. The van der Waals surface area contributed by atoms with E-state index in [4.69, 9.17) is 0 Å². The fourth-order valence-corrected chi connectivity index (χ4v) is 4.42. The maximum Gasteiger partial charge on any atom is 0.306 e. The maximum absolute atomic E-state index is 11.9. The van der Waals surface area contributed by atoms with Gasteiger partial charge in [0.1, 0.15) is 11.9 Å². The number of H-pyrrole nitrogens is 1. The third kappa shape index (κ3) is 1.39. The lowest BCUT2D eigenvalue weighted by atomic mass is 9.89. The molecule has 1 N–H and O–H groups in total. The van der Waals surface area contributed by atoms with Gasteiger partial charge in [0.15, 0.2) is 0 Å². The summed E-state index contributed by atoms with van der Waals surface area (Å²) in [5, 5.41) is 0. The number of nitrogens with one attached hydrogen (secondary N) is 1. The van der Waals surface area contributed by atoms with Gasteiger partial charge in [0, 0.05) is 25.0 Å². The van der Waals surface area contributed by atoms with Crippen LogP contribution in [-0.4, -0.2) is 9.55 Å². The van der Waals surface area contributed by atoms with Crippen molar-refractivity contribution in [1.82, 2.24) is 9.55 Å². The molecule has 0 bridgehead atoms. The first-order valence-electron chi connectivity index (χ1n) is 7.18. The predicted octanol–water partition coefficient (Wildman–Crippen LogP) is 3.34. The van der Waals surface area contributed by atoms with Gasteiger partial charge in [-0.15, -0.1) is 0 Å². The van der Waals surface area contributed by atoms with Crippen LogP contribution in [0.3, 0.4) is 0 Å². The number of fused-ring (bicyclic) bond motifs is 8. The summed E-state index contributed by atoms with van der Waals surface area (Å²) in [5.41, 5.74) is 4.90. The zero-order valence-electron chi connectivity index (χ0n) is 11.9. The second kappa shape index (κ2) is 4.01. The van der Waals surface area contributed by atoms with Crippen LogP contribution in [0.4, 0.5) is 5.82 Å². The van der Waals surface area contributed by atoms with Crippen LogP contribution in [0.5, 0.6) is 0 Å². The highest BCUT2D eigenvalue weighted by molar-refractivity contribution is 7.13. The summed E-state index contributed by atoms with van der Waals surface area (Å²) in [6.07, 6.45) is 6.26. The molecule has 2 aliphatic rings. The molecule has 5 rings (SSSR count). The van der Waals surface area contributed by atoms with E-state index in [2.05, 4.69) is 70.3 Å². The van der Waals surface area contributed by atoms with Gasteiger partial charge in [0.25, 0.3) is 0 Å². The lowest BCUT2D eigenvalue weighted by Crippen LogP contribution is -2.32. The largest absolute Gasteiger partial charge is 0.352 e. The molecule has 0 fully saturated rings. The van der Waals surface area contributed by atoms with Crippen molar-refractivity contribution in [3.05, 3.63) is 69.2 Å². The Morgan fingerprint density at radius 2 is 2.09 bits per heavy atom. The van der Waals surface area contributed by atoms with Crippen molar-refractivity contribution in [3.63, 3.8) is 0 Å². The molecule has 1 aromatic carbocycles. The van der Waals surface area contributed by atoms with Crippen LogP contribution in [0.25, 0.3) is 16.5 Å². The summed E-state index contributed by atoms with van der Waals surface area (Å²) >= 11 is 1.28. The Morgan fingerprint density at radius 1 is 1.23 bits per heavy atom. The van der Waals surface area contributed by atoms with Gasteiger partial charge in [0.05, 0.1) is 10.6 Å². The number of aromatic amines is 1. The van der Waals surface area contributed by atoms with Crippen molar-refractivity contribution in [2.24, 2.45) is 7.05 Å². The quantitative estimate of drug-likeness (QED) is 0.692. The number of aryl methyl sites for hydroxylation is 1. The average Bonchev–Trinajstić information content (AvgIpc) is 3.10. The van der Waals surface area contributed by atoms with Gasteiger partial charge in [-0.3, -0.25) is 9.78 Å². The number of anilines is 1. The SMILES string of the molecule is Cn1ccc2c1C1c3ccccc3C=CN1c1[nH]c(=O)sc1-2. The molecule has 1 unspecified atom stereocenters. The van der Waals surface area contributed by atoms with Crippen molar-refractivity contribution < 1.29 is 0 Å².